The van der Waals surface area contributed by atoms with Crippen LogP contribution >= 0.6 is 0 Å². The molecule has 2 rings (SSSR count). The molecule has 0 aromatic carbocycles. The van der Waals surface area contributed by atoms with Gasteiger partial charge >= 0.3 is 5.97 Å². The van der Waals surface area contributed by atoms with Crippen molar-refractivity contribution in [2.45, 2.75) is 77.7 Å². The van der Waals surface area contributed by atoms with Gasteiger partial charge in [-0.15, -0.1) is 0 Å². The maximum absolute atomic E-state index is 12.8. The number of hydrogen-bond acceptors (Lipinski definition) is 3. The number of hydrogen-bond donors (Lipinski definition) is 2. The third-order valence-corrected chi connectivity index (χ3v) is 6.05. The molecule has 6 heteroatoms. The summed E-state index contributed by atoms with van der Waals surface area (Å²) in [5.41, 5.74) is 0. The van der Waals surface area contributed by atoms with Crippen LogP contribution in [0.25, 0.3) is 0 Å². The van der Waals surface area contributed by atoms with Crippen molar-refractivity contribution in [3.63, 3.8) is 0 Å². The fourth-order valence-corrected chi connectivity index (χ4v) is 4.13. The zero-order chi connectivity index (χ0) is 19.1. The Labute approximate surface area is 156 Å². The highest BCUT2D eigenvalue weighted by atomic mass is 16.4. The minimum atomic E-state index is -0.811. The first kappa shape index (κ1) is 20.7. The van der Waals surface area contributed by atoms with E-state index < -0.39 is 11.9 Å². The summed E-state index contributed by atoms with van der Waals surface area (Å²) in [5, 5.41) is 12.6. The summed E-state index contributed by atoms with van der Waals surface area (Å²) in [4.78, 5) is 38.7. The van der Waals surface area contributed by atoms with E-state index in [4.69, 9.17) is 0 Å². The Bertz CT molecular complexity index is 508. The van der Waals surface area contributed by atoms with Crippen LogP contribution in [-0.4, -0.2) is 46.9 Å². The van der Waals surface area contributed by atoms with Crippen molar-refractivity contribution in [3.8, 4) is 0 Å². The zero-order valence-corrected chi connectivity index (χ0v) is 16.2. The maximum atomic E-state index is 12.8. The van der Waals surface area contributed by atoms with Crippen LogP contribution in [0.3, 0.4) is 0 Å². The predicted molar refractivity (Wildman–Crippen MR) is 99.5 cm³/mol. The summed E-state index contributed by atoms with van der Waals surface area (Å²) < 4.78 is 0. The molecular formula is C20H34N2O4. The Morgan fingerprint density at radius 3 is 2.42 bits per heavy atom. The first-order valence-electron chi connectivity index (χ1n) is 10.3. The highest BCUT2D eigenvalue weighted by Crippen LogP contribution is 2.25. The van der Waals surface area contributed by atoms with E-state index in [0.29, 0.717) is 19.5 Å². The van der Waals surface area contributed by atoms with Crippen LogP contribution in [0.2, 0.25) is 0 Å². The van der Waals surface area contributed by atoms with Gasteiger partial charge in [0.25, 0.3) is 0 Å². The van der Waals surface area contributed by atoms with E-state index in [2.05, 4.69) is 5.32 Å². The van der Waals surface area contributed by atoms with Crippen molar-refractivity contribution >= 4 is 17.8 Å². The van der Waals surface area contributed by atoms with Gasteiger partial charge in [0.05, 0.1) is 11.8 Å². The summed E-state index contributed by atoms with van der Waals surface area (Å²) in [6.45, 7) is 5.10. The molecule has 0 aromatic heterocycles. The summed E-state index contributed by atoms with van der Waals surface area (Å²) >= 11 is 0. The lowest BCUT2D eigenvalue weighted by Crippen LogP contribution is -2.51. The lowest BCUT2D eigenvalue weighted by Gasteiger charge is -2.35. The topological polar surface area (TPSA) is 86.7 Å². The second-order valence-electron chi connectivity index (χ2n) is 7.98. The first-order chi connectivity index (χ1) is 12.4. The number of piperidine rings is 1. The fraction of sp³-hybridized carbons (Fsp3) is 0.850. The molecule has 6 nitrogen and oxygen atoms in total. The van der Waals surface area contributed by atoms with Gasteiger partial charge in [-0.25, -0.2) is 0 Å². The number of amides is 2. The minimum absolute atomic E-state index is 0.0150. The minimum Gasteiger partial charge on any atom is -0.481 e. The zero-order valence-electron chi connectivity index (χ0n) is 16.2. The summed E-state index contributed by atoms with van der Waals surface area (Å²) in [6.07, 6.45) is 7.78. The van der Waals surface area contributed by atoms with Crippen molar-refractivity contribution in [2.75, 3.05) is 13.1 Å². The van der Waals surface area contributed by atoms with E-state index in [1.54, 1.807) is 0 Å². The Morgan fingerprint density at radius 1 is 1.08 bits per heavy atom. The van der Waals surface area contributed by atoms with Crippen LogP contribution in [0.15, 0.2) is 0 Å². The number of nitrogens with one attached hydrogen (secondary N) is 1. The molecule has 2 fully saturated rings. The molecule has 2 amide bonds. The normalized spacial score (nSPS) is 28.5. The molecule has 1 saturated heterocycles. The van der Waals surface area contributed by atoms with Gasteiger partial charge in [0.2, 0.25) is 11.8 Å². The second kappa shape index (κ2) is 9.93. The summed E-state index contributed by atoms with van der Waals surface area (Å²) in [7, 11) is 0. The van der Waals surface area contributed by atoms with Crippen molar-refractivity contribution in [2.24, 2.45) is 17.8 Å². The number of carboxylic acid groups (broad SMARTS) is 1. The number of rotatable bonds is 5. The van der Waals surface area contributed by atoms with Crippen LogP contribution in [-0.2, 0) is 14.4 Å². The molecule has 0 spiro atoms. The number of carbonyl (C=O) groups is 3. The average Bonchev–Trinajstić information content (AvgIpc) is 2.62. The van der Waals surface area contributed by atoms with Gasteiger partial charge in [0, 0.05) is 25.0 Å². The molecule has 2 N–H and O–H groups in total. The third kappa shape index (κ3) is 5.45. The second-order valence-corrected chi connectivity index (χ2v) is 7.98. The Morgan fingerprint density at radius 2 is 1.77 bits per heavy atom. The summed E-state index contributed by atoms with van der Waals surface area (Å²) in [6, 6.07) is -0.291. The molecule has 2 aliphatic rings. The van der Waals surface area contributed by atoms with E-state index in [1.165, 1.54) is 0 Å². The Kier molecular flexibility index (Phi) is 7.91. The van der Waals surface area contributed by atoms with E-state index in [0.717, 1.165) is 51.4 Å². The largest absolute Gasteiger partial charge is 0.481 e. The van der Waals surface area contributed by atoms with E-state index in [1.807, 2.05) is 18.7 Å². The standard InChI is InChI=1S/C20H34N2O4/c1-3-14(2)19(24)22-12-8-9-15(13-22)18(23)21-17-11-7-5-4-6-10-16(17)20(25)26/h14-17H,3-13H2,1-2H3,(H,21,23)(H,25,26). The molecule has 0 bridgehead atoms. The van der Waals surface area contributed by atoms with E-state index in [-0.39, 0.29) is 29.7 Å². The van der Waals surface area contributed by atoms with Crippen molar-refractivity contribution in [1.82, 2.24) is 10.2 Å². The third-order valence-electron chi connectivity index (χ3n) is 6.05. The van der Waals surface area contributed by atoms with E-state index in [9.17, 15) is 19.5 Å². The SMILES string of the molecule is CCC(C)C(=O)N1CCCC(C(=O)NC2CCCCCCC2C(=O)O)C1. The summed E-state index contributed by atoms with van der Waals surface area (Å²) in [5.74, 6) is -1.51. The van der Waals surface area contributed by atoms with Crippen LogP contribution in [0, 0.1) is 17.8 Å². The first-order valence-corrected chi connectivity index (χ1v) is 10.3. The number of likely N-dealkylation sites (tertiary alicyclic amines) is 1. The fourth-order valence-electron chi connectivity index (χ4n) is 4.13. The van der Waals surface area contributed by atoms with Crippen LogP contribution < -0.4 is 5.32 Å². The molecule has 1 aliphatic carbocycles. The molecule has 4 unspecified atom stereocenters. The molecule has 26 heavy (non-hydrogen) atoms. The lowest BCUT2D eigenvalue weighted by molar-refractivity contribution is -0.144. The molecule has 1 heterocycles. The quantitative estimate of drug-likeness (QED) is 0.783. The Balaban J connectivity index is 1.98. The monoisotopic (exact) mass is 366 g/mol. The van der Waals surface area contributed by atoms with Gasteiger partial charge in [-0.2, -0.15) is 0 Å². The number of carboxylic acids is 1. The van der Waals surface area contributed by atoms with Crippen LogP contribution in [0.5, 0.6) is 0 Å². The smallest absolute Gasteiger partial charge is 0.308 e. The number of aliphatic carboxylic acids is 1. The van der Waals surface area contributed by atoms with Crippen molar-refractivity contribution in [1.29, 1.82) is 0 Å². The van der Waals surface area contributed by atoms with Crippen LogP contribution in [0.4, 0.5) is 0 Å². The van der Waals surface area contributed by atoms with Gasteiger partial charge in [-0.05, 0) is 32.1 Å². The van der Waals surface area contributed by atoms with Crippen molar-refractivity contribution in [3.05, 3.63) is 0 Å². The highest BCUT2D eigenvalue weighted by molar-refractivity contribution is 5.83. The van der Waals surface area contributed by atoms with Gasteiger partial charge in [-0.3, -0.25) is 14.4 Å². The molecule has 0 radical (unpaired) electrons. The molecule has 4 atom stereocenters. The highest BCUT2D eigenvalue weighted by Gasteiger charge is 2.34. The van der Waals surface area contributed by atoms with E-state index >= 15 is 0 Å². The Hall–Kier alpha value is -1.59. The van der Waals surface area contributed by atoms with Crippen molar-refractivity contribution < 1.29 is 19.5 Å². The number of carbonyl (C=O) groups excluding carboxylic acids is 2. The lowest BCUT2D eigenvalue weighted by atomic mass is 9.86. The van der Waals surface area contributed by atoms with Crippen LogP contribution in [0.1, 0.15) is 71.6 Å². The van der Waals surface area contributed by atoms with Gasteiger partial charge in [-0.1, -0.05) is 39.5 Å². The predicted octanol–water partition coefficient (Wildman–Crippen LogP) is 2.81. The molecule has 148 valence electrons. The molecule has 1 aliphatic heterocycles. The average molecular weight is 367 g/mol. The molecule has 1 saturated carbocycles. The van der Waals surface area contributed by atoms with Gasteiger partial charge < -0.3 is 15.3 Å². The van der Waals surface area contributed by atoms with Gasteiger partial charge in [0.1, 0.15) is 0 Å². The molecule has 0 aromatic rings. The maximum Gasteiger partial charge on any atom is 0.308 e. The number of nitrogens with zero attached hydrogens (tertiary/aromatic N) is 1. The van der Waals surface area contributed by atoms with Gasteiger partial charge in [0.15, 0.2) is 0 Å². The molecular weight excluding hydrogens is 332 g/mol.